The first-order chi connectivity index (χ1) is 13.2. The highest BCUT2D eigenvalue weighted by molar-refractivity contribution is 5.80. The largest absolute Gasteiger partial charge is 0.506 e. The van der Waals surface area contributed by atoms with Gasteiger partial charge in [0, 0.05) is 45.0 Å². The van der Waals surface area contributed by atoms with E-state index in [1.54, 1.807) is 19.4 Å². The SMILES string of the molecule is CCNC(=NCc1ccc(OC)nc1)N1CCN(c2ccccc2O)CC1. The molecule has 0 unspecified atom stereocenters. The monoisotopic (exact) mass is 369 g/mol. The number of rotatable bonds is 5. The van der Waals surface area contributed by atoms with Gasteiger partial charge in [0.2, 0.25) is 5.88 Å². The summed E-state index contributed by atoms with van der Waals surface area (Å²) in [4.78, 5) is 13.5. The molecule has 0 radical (unpaired) electrons. The molecule has 1 aromatic heterocycles. The molecule has 1 aliphatic rings. The Bertz CT molecular complexity index is 755. The van der Waals surface area contributed by atoms with Gasteiger partial charge in [-0.2, -0.15) is 0 Å². The van der Waals surface area contributed by atoms with Gasteiger partial charge in [-0.15, -0.1) is 0 Å². The summed E-state index contributed by atoms with van der Waals surface area (Å²) < 4.78 is 5.09. The van der Waals surface area contributed by atoms with Crippen molar-refractivity contribution in [2.24, 2.45) is 4.99 Å². The summed E-state index contributed by atoms with van der Waals surface area (Å²) in [6, 6.07) is 11.3. The average Bonchev–Trinajstić information content (AvgIpc) is 2.72. The lowest BCUT2D eigenvalue weighted by molar-refractivity contribution is 0.369. The minimum Gasteiger partial charge on any atom is -0.506 e. The van der Waals surface area contributed by atoms with Crippen LogP contribution in [0.15, 0.2) is 47.6 Å². The number of pyridine rings is 1. The van der Waals surface area contributed by atoms with Gasteiger partial charge in [0.1, 0.15) is 5.75 Å². The molecule has 0 aliphatic carbocycles. The molecule has 0 saturated carbocycles. The van der Waals surface area contributed by atoms with Gasteiger partial charge in [-0.3, -0.25) is 0 Å². The number of hydrogen-bond donors (Lipinski definition) is 2. The Balaban J connectivity index is 1.62. The third-order valence-electron chi connectivity index (χ3n) is 4.55. The van der Waals surface area contributed by atoms with Gasteiger partial charge in [0.15, 0.2) is 5.96 Å². The van der Waals surface area contributed by atoms with Gasteiger partial charge < -0.3 is 25.0 Å². The summed E-state index contributed by atoms with van der Waals surface area (Å²) in [5.41, 5.74) is 1.93. The molecule has 0 bridgehead atoms. The minimum atomic E-state index is 0.332. The molecule has 144 valence electrons. The highest BCUT2D eigenvalue weighted by Gasteiger charge is 2.21. The number of benzene rings is 1. The predicted octanol–water partition coefficient (Wildman–Crippen LogP) is 2.08. The summed E-state index contributed by atoms with van der Waals surface area (Å²) in [6.45, 7) is 6.83. The smallest absolute Gasteiger partial charge is 0.212 e. The normalized spacial score (nSPS) is 15.0. The number of phenolic OH excluding ortho intramolecular Hbond substituents is 1. The maximum absolute atomic E-state index is 10.1. The van der Waals surface area contributed by atoms with E-state index in [0.717, 1.165) is 49.9 Å². The van der Waals surface area contributed by atoms with Crippen LogP contribution >= 0.6 is 0 Å². The first-order valence-corrected chi connectivity index (χ1v) is 9.26. The molecule has 0 spiro atoms. The second-order valence-corrected chi connectivity index (χ2v) is 6.34. The number of methoxy groups -OCH3 is 1. The van der Waals surface area contributed by atoms with Gasteiger partial charge >= 0.3 is 0 Å². The van der Waals surface area contributed by atoms with Crippen LogP contribution in [0.3, 0.4) is 0 Å². The van der Waals surface area contributed by atoms with Crippen LogP contribution in [0.2, 0.25) is 0 Å². The van der Waals surface area contributed by atoms with E-state index in [-0.39, 0.29) is 0 Å². The van der Waals surface area contributed by atoms with Crippen LogP contribution in [0.4, 0.5) is 5.69 Å². The molecular formula is C20H27N5O2. The fourth-order valence-corrected chi connectivity index (χ4v) is 3.11. The van der Waals surface area contributed by atoms with Crippen LogP contribution in [0, 0.1) is 0 Å². The fraction of sp³-hybridized carbons (Fsp3) is 0.400. The standard InChI is InChI=1S/C20H27N5O2/c1-3-21-20(23-15-16-8-9-19(27-2)22-14-16)25-12-10-24(11-13-25)17-6-4-5-7-18(17)26/h4-9,14,26H,3,10-13,15H2,1-2H3,(H,21,23). The second-order valence-electron chi connectivity index (χ2n) is 6.34. The number of aromatic nitrogens is 1. The van der Waals surface area contributed by atoms with Gasteiger partial charge in [-0.25, -0.2) is 9.98 Å². The number of para-hydroxylation sites is 2. The van der Waals surface area contributed by atoms with Crippen molar-refractivity contribution in [2.75, 3.05) is 44.7 Å². The van der Waals surface area contributed by atoms with Crippen molar-refractivity contribution in [3.05, 3.63) is 48.2 Å². The van der Waals surface area contributed by atoms with E-state index < -0.39 is 0 Å². The van der Waals surface area contributed by atoms with Crippen LogP contribution in [0.25, 0.3) is 0 Å². The molecule has 1 saturated heterocycles. The quantitative estimate of drug-likeness (QED) is 0.621. The van der Waals surface area contributed by atoms with E-state index in [0.29, 0.717) is 18.2 Å². The number of aromatic hydroxyl groups is 1. The van der Waals surface area contributed by atoms with Crippen molar-refractivity contribution in [1.82, 2.24) is 15.2 Å². The third-order valence-corrected chi connectivity index (χ3v) is 4.55. The summed E-state index contributed by atoms with van der Waals surface area (Å²) in [6.07, 6.45) is 1.79. The molecule has 0 atom stereocenters. The number of hydrogen-bond acceptors (Lipinski definition) is 5. The lowest BCUT2D eigenvalue weighted by Crippen LogP contribution is -2.52. The molecule has 1 fully saturated rings. The molecule has 0 amide bonds. The maximum atomic E-state index is 10.1. The highest BCUT2D eigenvalue weighted by Crippen LogP contribution is 2.27. The topological polar surface area (TPSA) is 73.2 Å². The third kappa shape index (κ3) is 4.81. The van der Waals surface area contributed by atoms with Crippen molar-refractivity contribution < 1.29 is 9.84 Å². The van der Waals surface area contributed by atoms with Gasteiger partial charge in [-0.05, 0) is 24.6 Å². The lowest BCUT2D eigenvalue weighted by atomic mass is 10.2. The summed E-state index contributed by atoms with van der Waals surface area (Å²) in [5.74, 6) is 1.85. The number of aliphatic imine (C=N–C) groups is 1. The van der Waals surface area contributed by atoms with Crippen molar-refractivity contribution in [3.63, 3.8) is 0 Å². The van der Waals surface area contributed by atoms with Crippen molar-refractivity contribution >= 4 is 11.6 Å². The summed E-state index contributed by atoms with van der Waals surface area (Å²) in [7, 11) is 1.61. The molecule has 7 nitrogen and oxygen atoms in total. The predicted molar refractivity (Wildman–Crippen MR) is 107 cm³/mol. The molecule has 27 heavy (non-hydrogen) atoms. The van der Waals surface area contributed by atoms with E-state index in [1.165, 1.54) is 0 Å². The molecule has 2 N–H and O–H groups in total. The Kier molecular flexibility index (Phi) is 6.35. The molecular weight excluding hydrogens is 342 g/mol. The number of nitrogens with zero attached hydrogens (tertiary/aromatic N) is 4. The summed E-state index contributed by atoms with van der Waals surface area (Å²) in [5, 5.41) is 13.4. The van der Waals surface area contributed by atoms with E-state index in [1.807, 2.05) is 30.3 Å². The molecule has 7 heteroatoms. The van der Waals surface area contributed by atoms with E-state index in [2.05, 4.69) is 27.0 Å². The van der Waals surface area contributed by atoms with Crippen molar-refractivity contribution in [2.45, 2.75) is 13.5 Å². The Morgan fingerprint density at radius 3 is 2.59 bits per heavy atom. The number of guanidine groups is 1. The first-order valence-electron chi connectivity index (χ1n) is 9.26. The Morgan fingerprint density at radius 1 is 1.19 bits per heavy atom. The number of piperazine rings is 1. The molecule has 3 rings (SSSR count). The van der Waals surface area contributed by atoms with Crippen molar-refractivity contribution in [1.29, 1.82) is 0 Å². The Morgan fingerprint density at radius 2 is 1.96 bits per heavy atom. The molecule has 1 aliphatic heterocycles. The van der Waals surface area contributed by atoms with Crippen molar-refractivity contribution in [3.8, 4) is 11.6 Å². The van der Waals surface area contributed by atoms with Crippen LogP contribution in [-0.4, -0.2) is 60.8 Å². The number of ether oxygens (including phenoxy) is 1. The Hall–Kier alpha value is -2.96. The van der Waals surface area contributed by atoms with Gasteiger partial charge in [0.05, 0.1) is 19.3 Å². The number of anilines is 1. The molecule has 2 aromatic rings. The lowest BCUT2D eigenvalue weighted by Gasteiger charge is -2.37. The fourth-order valence-electron chi connectivity index (χ4n) is 3.11. The number of phenols is 1. The minimum absolute atomic E-state index is 0.332. The average molecular weight is 369 g/mol. The zero-order chi connectivity index (χ0) is 19.1. The summed E-state index contributed by atoms with van der Waals surface area (Å²) >= 11 is 0. The van der Waals surface area contributed by atoms with E-state index in [4.69, 9.17) is 9.73 Å². The van der Waals surface area contributed by atoms with Crippen LogP contribution in [0.5, 0.6) is 11.6 Å². The zero-order valence-electron chi connectivity index (χ0n) is 15.9. The van der Waals surface area contributed by atoms with E-state index in [9.17, 15) is 5.11 Å². The highest BCUT2D eigenvalue weighted by atomic mass is 16.5. The van der Waals surface area contributed by atoms with Gasteiger partial charge in [-0.1, -0.05) is 18.2 Å². The molecule has 2 heterocycles. The molecule has 1 aromatic carbocycles. The first kappa shape index (κ1) is 18.8. The van der Waals surface area contributed by atoms with E-state index >= 15 is 0 Å². The number of nitrogens with one attached hydrogen (secondary N) is 1. The second kappa shape index (κ2) is 9.12. The van der Waals surface area contributed by atoms with Gasteiger partial charge in [0.25, 0.3) is 0 Å². The zero-order valence-corrected chi connectivity index (χ0v) is 15.9. The Labute approximate surface area is 160 Å². The van der Waals surface area contributed by atoms with Crippen LogP contribution < -0.4 is 15.0 Å². The van der Waals surface area contributed by atoms with Crippen LogP contribution in [0.1, 0.15) is 12.5 Å². The van der Waals surface area contributed by atoms with Crippen LogP contribution in [-0.2, 0) is 6.54 Å². The maximum Gasteiger partial charge on any atom is 0.212 e.